The van der Waals surface area contributed by atoms with Gasteiger partial charge < -0.3 is 5.32 Å². The van der Waals surface area contributed by atoms with Gasteiger partial charge >= 0.3 is 0 Å². The Balaban J connectivity index is 1.54. The molecule has 3 rings (SSSR count). The van der Waals surface area contributed by atoms with Crippen LogP contribution in [0.4, 0.5) is 10.3 Å². The molecule has 2 N–H and O–H groups in total. The molecule has 0 spiro atoms. The summed E-state index contributed by atoms with van der Waals surface area (Å²) in [4.78, 5) is 28.5. The van der Waals surface area contributed by atoms with Crippen molar-refractivity contribution in [1.29, 1.82) is 0 Å². The van der Waals surface area contributed by atoms with Crippen LogP contribution in [0.25, 0.3) is 0 Å². The minimum Gasteiger partial charge on any atom is -0.300 e. The largest absolute Gasteiger partial charge is 0.300 e. The monoisotopic (exact) mass is 405 g/mol. The van der Waals surface area contributed by atoms with Gasteiger partial charge in [-0.2, -0.15) is 0 Å². The number of nitrogens with zero attached hydrogens (tertiary/aromatic N) is 3. The summed E-state index contributed by atoms with van der Waals surface area (Å²) in [6.45, 7) is 2.03. The molecule has 0 saturated heterocycles. The summed E-state index contributed by atoms with van der Waals surface area (Å²) in [6, 6.07) is 8.89. The van der Waals surface area contributed by atoms with Gasteiger partial charge in [0.1, 0.15) is 0 Å². The topological polar surface area (TPSA) is 96.9 Å². The van der Waals surface area contributed by atoms with Crippen molar-refractivity contribution in [3.8, 4) is 0 Å². The van der Waals surface area contributed by atoms with E-state index in [-0.39, 0.29) is 18.2 Å². The Labute approximate surface area is 162 Å². The highest BCUT2D eigenvalue weighted by Gasteiger charge is 2.13. The van der Waals surface area contributed by atoms with E-state index in [9.17, 15) is 9.59 Å². The van der Waals surface area contributed by atoms with E-state index in [2.05, 4.69) is 25.8 Å². The Hall–Kier alpha value is -2.30. The van der Waals surface area contributed by atoms with Crippen molar-refractivity contribution in [2.24, 2.45) is 0 Å². The van der Waals surface area contributed by atoms with Crippen LogP contribution in [0, 0.1) is 0 Å². The fraction of sp³-hybridized carbons (Fsp3) is 0.188. The third-order valence-electron chi connectivity index (χ3n) is 3.07. The smallest absolute Gasteiger partial charge is 0.257 e. The number of hydrogen-bond donors (Lipinski definition) is 2. The second kappa shape index (κ2) is 8.88. The molecule has 0 bridgehead atoms. The Bertz CT molecular complexity index is 894. The lowest BCUT2D eigenvalue weighted by Gasteiger charge is -2.01. The van der Waals surface area contributed by atoms with Gasteiger partial charge in [0.05, 0.1) is 12.1 Å². The highest BCUT2D eigenvalue weighted by molar-refractivity contribution is 8.01. The molecule has 0 saturated carbocycles. The molecule has 0 radical (unpaired) electrons. The van der Waals surface area contributed by atoms with Gasteiger partial charge in [0.15, 0.2) is 9.47 Å². The number of carbonyl (C=O) groups excluding carboxylic acids is 2. The summed E-state index contributed by atoms with van der Waals surface area (Å²) in [7, 11) is 0. The van der Waals surface area contributed by atoms with Crippen molar-refractivity contribution < 1.29 is 9.59 Å². The van der Waals surface area contributed by atoms with Crippen molar-refractivity contribution in [1.82, 2.24) is 15.2 Å². The van der Waals surface area contributed by atoms with E-state index >= 15 is 0 Å². The fourth-order valence-corrected chi connectivity index (χ4v) is 4.34. The van der Waals surface area contributed by atoms with Crippen LogP contribution in [0.5, 0.6) is 0 Å². The van der Waals surface area contributed by atoms with Gasteiger partial charge in [0.25, 0.3) is 5.91 Å². The van der Waals surface area contributed by atoms with Crippen LogP contribution < -0.4 is 10.6 Å². The van der Waals surface area contributed by atoms with Crippen LogP contribution in [-0.2, 0) is 11.2 Å². The number of carbonyl (C=O) groups is 2. The normalized spacial score (nSPS) is 10.5. The maximum Gasteiger partial charge on any atom is 0.257 e. The average molecular weight is 406 g/mol. The number of hydrogen-bond acceptors (Lipinski definition) is 8. The van der Waals surface area contributed by atoms with E-state index in [0.29, 0.717) is 21.5 Å². The SMILES string of the molecule is CCSc1nnc(NC(=O)Cc2csc(NC(=O)c3ccccc3)n2)s1. The predicted octanol–water partition coefficient (Wildman–Crippen LogP) is 3.54. The zero-order valence-electron chi connectivity index (χ0n) is 13.8. The highest BCUT2D eigenvalue weighted by atomic mass is 32.2. The Kier molecular flexibility index (Phi) is 6.31. The lowest BCUT2D eigenvalue weighted by molar-refractivity contribution is -0.115. The number of rotatable bonds is 7. The lowest BCUT2D eigenvalue weighted by atomic mass is 10.2. The third-order valence-corrected chi connectivity index (χ3v) is 5.73. The molecular weight excluding hydrogens is 390 g/mol. The molecule has 26 heavy (non-hydrogen) atoms. The predicted molar refractivity (Wildman–Crippen MR) is 105 cm³/mol. The van der Waals surface area contributed by atoms with Crippen molar-refractivity contribution in [3.05, 3.63) is 47.0 Å². The van der Waals surface area contributed by atoms with Gasteiger partial charge in [-0.3, -0.25) is 14.9 Å². The molecule has 0 aliphatic rings. The highest BCUT2D eigenvalue weighted by Crippen LogP contribution is 2.25. The second-order valence-electron chi connectivity index (χ2n) is 5.00. The Morgan fingerprint density at radius 1 is 1.12 bits per heavy atom. The third kappa shape index (κ3) is 5.10. The number of thioether (sulfide) groups is 1. The maximum atomic E-state index is 12.1. The molecule has 10 heteroatoms. The Morgan fingerprint density at radius 3 is 2.69 bits per heavy atom. The van der Waals surface area contributed by atoms with Crippen LogP contribution in [0.2, 0.25) is 0 Å². The number of amides is 2. The van der Waals surface area contributed by atoms with E-state index in [1.54, 1.807) is 41.4 Å². The molecule has 0 fully saturated rings. The van der Waals surface area contributed by atoms with Gasteiger partial charge in [-0.05, 0) is 17.9 Å². The summed E-state index contributed by atoms with van der Waals surface area (Å²) < 4.78 is 0.822. The van der Waals surface area contributed by atoms with E-state index < -0.39 is 0 Å². The van der Waals surface area contributed by atoms with Crippen molar-refractivity contribution in [2.45, 2.75) is 17.7 Å². The first-order valence-corrected chi connectivity index (χ1v) is 10.4. The summed E-state index contributed by atoms with van der Waals surface area (Å²) in [5.41, 5.74) is 1.14. The lowest BCUT2D eigenvalue weighted by Crippen LogP contribution is -2.15. The van der Waals surface area contributed by atoms with Crippen LogP contribution in [-0.4, -0.2) is 32.7 Å². The van der Waals surface area contributed by atoms with Gasteiger partial charge in [-0.25, -0.2) is 4.98 Å². The van der Waals surface area contributed by atoms with Gasteiger partial charge in [-0.15, -0.1) is 21.5 Å². The summed E-state index contributed by atoms with van der Waals surface area (Å²) in [5, 5.41) is 16.0. The average Bonchev–Trinajstić information content (AvgIpc) is 3.25. The van der Waals surface area contributed by atoms with Crippen molar-refractivity contribution in [2.75, 3.05) is 16.4 Å². The number of nitrogens with one attached hydrogen (secondary N) is 2. The molecule has 134 valence electrons. The van der Waals surface area contributed by atoms with Gasteiger partial charge in [0, 0.05) is 10.9 Å². The van der Waals surface area contributed by atoms with Crippen molar-refractivity contribution >= 4 is 56.5 Å². The van der Waals surface area contributed by atoms with Crippen LogP contribution in [0.1, 0.15) is 23.0 Å². The quantitative estimate of drug-likeness (QED) is 0.461. The molecule has 0 atom stereocenters. The minimum absolute atomic E-state index is 0.105. The summed E-state index contributed by atoms with van der Waals surface area (Å²) in [5.74, 6) is 0.449. The minimum atomic E-state index is -0.231. The fourth-order valence-electron chi connectivity index (χ4n) is 1.97. The number of thiazole rings is 1. The molecule has 2 aromatic heterocycles. The molecule has 3 aromatic rings. The first-order valence-electron chi connectivity index (χ1n) is 7.71. The van der Waals surface area contributed by atoms with Gasteiger partial charge in [0.2, 0.25) is 11.0 Å². The second-order valence-corrected chi connectivity index (χ2v) is 8.34. The first-order chi connectivity index (χ1) is 12.6. The number of benzene rings is 1. The Morgan fingerprint density at radius 2 is 1.92 bits per heavy atom. The molecule has 0 aliphatic carbocycles. The molecule has 2 heterocycles. The number of anilines is 2. The molecule has 0 aliphatic heterocycles. The van der Waals surface area contributed by atoms with E-state index in [1.165, 1.54) is 22.7 Å². The standard InChI is InChI=1S/C16H15N5O2S3/c1-2-24-16-21-20-15(26-16)18-12(22)8-11-9-25-14(17-11)19-13(23)10-6-4-3-5-7-10/h3-7,9H,2,8H2,1H3,(H,17,19,23)(H,18,20,22). The zero-order valence-corrected chi connectivity index (χ0v) is 16.2. The summed E-state index contributed by atoms with van der Waals surface area (Å²) >= 11 is 4.20. The van der Waals surface area contributed by atoms with Crippen LogP contribution in [0.15, 0.2) is 40.1 Å². The molecular formula is C16H15N5O2S3. The summed E-state index contributed by atoms with van der Waals surface area (Å²) in [6.07, 6.45) is 0.105. The molecule has 7 nitrogen and oxygen atoms in total. The molecule has 2 amide bonds. The van der Waals surface area contributed by atoms with E-state index in [4.69, 9.17) is 0 Å². The van der Waals surface area contributed by atoms with Crippen molar-refractivity contribution in [3.63, 3.8) is 0 Å². The van der Waals surface area contributed by atoms with Crippen LogP contribution in [0.3, 0.4) is 0 Å². The number of aromatic nitrogens is 3. The van der Waals surface area contributed by atoms with Crippen LogP contribution >= 0.6 is 34.4 Å². The van der Waals surface area contributed by atoms with Gasteiger partial charge in [-0.1, -0.05) is 48.2 Å². The molecule has 1 aromatic carbocycles. The maximum absolute atomic E-state index is 12.1. The zero-order chi connectivity index (χ0) is 18.4. The van der Waals surface area contributed by atoms with E-state index in [1.807, 2.05) is 13.0 Å². The van der Waals surface area contributed by atoms with E-state index in [0.717, 1.165) is 10.1 Å². The molecule has 0 unspecified atom stereocenters. The first kappa shape index (κ1) is 18.5.